The molecule has 11 nitrogen and oxygen atoms in total. The van der Waals surface area contributed by atoms with Gasteiger partial charge in [-0.05, 0) is 49.2 Å². The molecule has 0 aliphatic heterocycles. The van der Waals surface area contributed by atoms with E-state index < -0.39 is 18.2 Å². The number of ether oxygens (including phenoxy) is 1. The summed E-state index contributed by atoms with van der Waals surface area (Å²) < 4.78 is 7.41. The highest BCUT2D eigenvalue weighted by Crippen LogP contribution is 2.39. The average molecular weight is 532 g/mol. The number of nitrogen functional groups attached to an aromatic ring is 1. The quantitative estimate of drug-likeness (QED) is 0.223. The Morgan fingerprint density at radius 3 is 2.59 bits per heavy atom. The van der Waals surface area contributed by atoms with Crippen LogP contribution in [0.25, 0.3) is 11.2 Å². The zero-order chi connectivity index (χ0) is 27.4. The van der Waals surface area contributed by atoms with Crippen molar-refractivity contribution in [2.75, 3.05) is 25.4 Å². The van der Waals surface area contributed by atoms with Crippen molar-refractivity contribution in [3.63, 3.8) is 0 Å². The summed E-state index contributed by atoms with van der Waals surface area (Å²) in [7, 11) is 0. The Morgan fingerprint density at radius 1 is 1.08 bits per heavy atom. The molecule has 4 atom stereocenters. The van der Waals surface area contributed by atoms with E-state index in [9.17, 15) is 15.0 Å². The molecule has 0 bridgehead atoms. The minimum Gasteiger partial charge on any atom is -0.494 e. The zero-order valence-electron chi connectivity index (χ0n) is 21.5. The standard InChI is InChI=1S/C28H33N7O4/c29-11-4-12-39-21-9-7-19(8-10-21)28(38)34(14-18-5-2-1-3-6-18)15-20-13-22(36)25(37)24(20)35-17-33-23-26(30)31-16-32-27(23)35/h1-3,5-10,16-17,20,22,24-25,36-37H,4,11-15,29H2,(H2,30,31,32)/t20-,22-,24-,25-/m0/s1. The van der Waals surface area contributed by atoms with Crippen LogP contribution in [0.4, 0.5) is 5.82 Å². The van der Waals surface area contributed by atoms with E-state index in [1.807, 2.05) is 30.3 Å². The first-order chi connectivity index (χ1) is 19.0. The lowest BCUT2D eigenvalue weighted by atomic mass is 10.0. The van der Waals surface area contributed by atoms with E-state index in [0.29, 0.717) is 55.1 Å². The number of aliphatic hydroxyl groups is 2. The maximum atomic E-state index is 13.8. The molecule has 1 saturated carbocycles. The third kappa shape index (κ3) is 5.70. The van der Waals surface area contributed by atoms with Crippen LogP contribution in [0.15, 0.2) is 67.3 Å². The number of anilines is 1. The topological polar surface area (TPSA) is 166 Å². The molecule has 204 valence electrons. The Labute approximate surface area is 226 Å². The minimum atomic E-state index is -1.07. The van der Waals surface area contributed by atoms with Gasteiger partial charge < -0.3 is 35.9 Å². The van der Waals surface area contributed by atoms with Gasteiger partial charge in [-0.2, -0.15) is 0 Å². The van der Waals surface area contributed by atoms with Crippen molar-refractivity contribution >= 4 is 22.9 Å². The van der Waals surface area contributed by atoms with Crippen molar-refractivity contribution in [2.45, 2.75) is 37.6 Å². The Bertz CT molecular complexity index is 1400. The van der Waals surface area contributed by atoms with Gasteiger partial charge in [-0.25, -0.2) is 15.0 Å². The SMILES string of the molecule is NCCCOc1ccc(C(=O)N(Cc2ccccc2)C[C@@H]2C[C@H](O)[C@H](O)[C@H]2n2cnc3c(N)ncnc32)cc1. The molecule has 6 N–H and O–H groups in total. The molecule has 1 aliphatic carbocycles. The number of nitrogens with zero attached hydrogens (tertiary/aromatic N) is 5. The number of nitrogens with two attached hydrogens (primary N) is 2. The summed E-state index contributed by atoms with van der Waals surface area (Å²) in [4.78, 5) is 28.2. The van der Waals surface area contributed by atoms with Gasteiger partial charge in [0.15, 0.2) is 11.5 Å². The van der Waals surface area contributed by atoms with E-state index in [4.69, 9.17) is 16.2 Å². The van der Waals surface area contributed by atoms with E-state index >= 15 is 0 Å². The summed E-state index contributed by atoms with van der Waals surface area (Å²) in [5.41, 5.74) is 13.9. The fourth-order valence-corrected chi connectivity index (χ4v) is 5.21. The van der Waals surface area contributed by atoms with E-state index in [1.165, 1.54) is 6.33 Å². The van der Waals surface area contributed by atoms with Gasteiger partial charge in [-0.3, -0.25) is 4.79 Å². The molecule has 5 rings (SSSR count). The van der Waals surface area contributed by atoms with Gasteiger partial charge in [0.1, 0.15) is 23.7 Å². The van der Waals surface area contributed by atoms with Gasteiger partial charge >= 0.3 is 0 Å². The van der Waals surface area contributed by atoms with Gasteiger partial charge in [-0.1, -0.05) is 30.3 Å². The second-order valence-electron chi connectivity index (χ2n) is 9.81. The summed E-state index contributed by atoms with van der Waals surface area (Å²) in [5, 5.41) is 21.7. The number of aliphatic hydroxyl groups excluding tert-OH is 2. The molecule has 2 aromatic heterocycles. The van der Waals surface area contributed by atoms with E-state index in [2.05, 4.69) is 15.0 Å². The number of benzene rings is 2. The first-order valence-electron chi connectivity index (χ1n) is 13.0. The Kier molecular flexibility index (Phi) is 8.01. The fraction of sp³-hybridized carbons (Fsp3) is 0.357. The van der Waals surface area contributed by atoms with Crippen molar-refractivity contribution in [1.82, 2.24) is 24.4 Å². The molecule has 0 saturated heterocycles. The molecular weight excluding hydrogens is 498 g/mol. The van der Waals surface area contributed by atoms with Gasteiger partial charge in [0.05, 0.1) is 25.1 Å². The number of aromatic nitrogens is 4. The zero-order valence-corrected chi connectivity index (χ0v) is 21.5. The molecule has 0 spiro atoms. The van der Waals surface area contributed by atoms with Crippen molar-refractivity contribution in [2.24, 2.45) is 11.7 Å². The highest BCUT2D eigenvalue weighted by atomic mass is 16.5. The third-order valence-corrected chi connectivity index (χ3v) is 7.16. The molecule has 1 amide bonds. The molecule has 11 heteroatoms. The van der Waals surface area contributed by atoms with Crippen LogP contribution in [0, 0.1) is 5.92 Å². The van der Waals surface area contributed by atoms with Gasteiger partial charge in [0.2, 0.25) is 0 Å². The van der Waals surface area contributed by atoms with Crippen LogP contribution in [-0.2, 0) is 6.54 Å². The highest BCUT2D eigenvalue weighted by molar-refractivity contribution is 5.94. The van der Waals surface area contributed by atoms with Gasteiger partial charge in [0.25, 0.3) is 5.91 Å². The van der Waals surface area contributed by atoms with Crippen LogP contribution in [0.1, 0.15) is 34.8 Å². The normalized spacial score (nSPS) is 20.8. The van der Waals surface area contributed by atoms with Crippen LogP contribution >= 0.6 is 0 Å². The van der Waals surface area contributed by atoms with Crippen LogP contribution in [0.5, 0.6) is 5.75 Å². The van der Waals surface area contributed by atoms with Crippen molar-refractivity contribution in [1.29, 1.82) is 0 Å². The Hall–Kier alpha value is -4.06. The molecule has 1 aliphatic rings. The molecule has 4 aromatic rings. The number of fused-ring (bicyclic) bond motifs is 1. The number of carbonyl (C=O) groups excluding carboxylic acids is 1. The molecule has 0 unspecified atom stereocenters. The largest absolute Gasteiger partial charge is 0.494 e. The Balaban J connectivity index is 1.43. The predicted molar refractivity (Wildman–Crippen MR) is 146 cm³/mol. The van der Waals surface area contributed by atoms with Crippen LogP contribution in [0.2, 0.25) is 0 Å². The third-order valence-electron chi connectivity index (χ3n) is 7.16. The molecular formula is C28H33N7O4. The number of hydrogen-bond donors (Lipinski definition) is 4. The lowest BCUT2D eigenvalue weighted by Crippen LogP contribution is -2.38. The minimum absolute atomic E-state index is 0.163. The number of hydrogen-bond acceptors (Lipinski definition) is 9. The second-order valence-corrected chi connectivity index (χ2v) is 9.81. The Morgan fingerprint density at radius 2 is 1.85 bits per heavy atom. The van der Waals surface area contributed by atoms with Gasteiger partial charge in [0, 0.05) is 24.6 Å². The lowest BCUT2D eigenvalue weighted by Gasteiger charge is -2.30. The first-order valence-corrected chi connectivity index (χ1v) is 13.0. The maximum absolute atomic E-state index is 13.8. The number of carbonyl (C=O) groups is 1. The lowest BCUT2D eigenvalue weighted by molar-refractivity contribution is 0.0223. The van der Waals surface area contributed by atoms with Crippen molar-refractivity contribution in [3.8, 4) is 5.75 Å². The summed E-state index contributed by atoms with van der Waals surface area (Å²) in [6.07, 6.45) is 1.92. The van der Waals surface area contributed by atoms with E-state index in [1.54, 1.807) is 40.1 Å². The first kappa shape index (κ1) is 26.5. The van der Waals surface area contributed by atoms with Crippen molar-refractivity contribution < 1.29 is 19.7 Å². The van der Waals surface area contributed by atoms with Crippen LogP contribution in [0.3, 0.4) is 0 Å². The fourth-order valence-electron chi connectivity index (χ4n) is 5.21. The maximum Gasteiger partial charge on any atom is 0.254 e. The number of rotatable bonds is 10. The molecule has 2 heterocycles. The number of amides is 1. The monoisotopic (exact) mass is 531 g/mol. The average Bonchev–Trinajstić information content (AvgIpc) is 3.49. The highest BCUT2D eigenvalue weighted by Gasteiger charge is 2.44. The van der Waals surface area contributed by atoms with Crippen LogP contribution in [-0.4, -0.2) is 72.4 Å². The molecule has 1 fully saturated rings. The summed E-state index contributed by atoms with van der Waals surface area (Å²) >= 11 is 0. The molecule has 0 radical (unpaired) electrons. The summed E-state index contributed by atoms with van der Waals surface area (Å²) in [5.74, 6) is 0.462. The molecule has 2 aromatic carbocycles. The van der Waals surface area contributed by atoms with Gasteiger partial charge in [-0.15, -0.1) is 0 Å². The summed E-state index contributed by atoms with van der Waals surface area (Å²) in [6.45, 7) is 1.72. The van der Waals surface area contributed by atoms with Crippen LogP contribution < -0.4 is 16.2 Å². The van der Waals surface area contributed by atoms with E-state index in [-0.39, 0.29) is 17.6 Å². The second kappa shape index (κ2) is 11.8. The molecule has 39 heavy (non-hydrogen) atoms. The van der Waals surface area contributed by atoms with E-state index in [0.717, 1.165) is 12.0 Å². The summed E-state index contributed by atoms with van der Waals surface area (Å²) in [6, 6.07) is 16.2. The predicted octanol–water partition coefficient (Wildman–Crippen LogP) is 1.76. The van der Waals surface area contributed by atoms with Crippen molar-refractivity contribution in [3.05, 3.63) is 78.4 Å². The smallest absolute Gasteiger partial charge is 0.254 e. The number of imidazole rings is 1.